The molecule has 2 aromatic carbocycles. The lowest BCUT2D eigenvalue weighted by atomic mass is 9.97. The van der Waals surface area contributed by atoms with Crippen molar-refractivity contribution in [3.05, 3.63) is 47.5 Å². The molecule has 6 nitrogen and oxygen atoms in total. The van der Waals surface area contributed by atoms with E-state index in [2.05, 4.69) is 0 Å². The van der Waals surface area contributed by atoms with E-state index in [-0.39, 0.29) is 19.0 Å². The molecular formula is C19H22O6. The zero-order valence-electron chi connectivity index (χ0n) is 14.8. The molecule has 0 N–H and O–H groups in total. The molecular weight excluding hydrogens is 324 g/mol. The van der Waals surface area contributed by atoms with Crippen LogP contribution in [0.25, 0.3) is 0 Å². The molecule has 2 aromatic rings. The average Bonchev–Trinajstić information content (AvgIpc) is 3.16. The quantitative estimate of drug-likeness (QED) is 0.798. The third-order valence-corrected chi connectivity index (χ3v) is 4.23. The van der Waals surface area contributed by atoms with Crippen LogP contribution >= 0.6 is 0 Å². The minimum Gasteiger partial charge on any atom is -0.497 e. The molecule has 0 radical (unpaired) electrons. The van der Waals surface area contributed by atoms with Gasteiger partial charge in [0, 0.05) is 0 Å². The molecule has 1 heterocycles. The Bertz CT molecular complexity index is 687. The van der Waals surface area contributed by atoms with Gasteiger partial charge in [0.05, 0.1) is 28.4 Å². The summed E-state index contributed by atoms with van der Waals surface area (Å²) in [5.41, 5.74) is 1.91. The maximum absolute atomic E-state index is 5.83. The van der Waals surface area contributed by atoms with Gasteiger partial charge in [-0.2, -0.15) is 0 Å². The molecule has 3 rings (SSSR count). The lowest BCUT2D eigenvalue weighted by Gasteiger charge is -2.20. The predicted molar refractivity (Wildman–Crippen MR) is 91.6 cm³/mol. The highest BCUT2D eigenvalue weighted by Gasteiger charge is 2.33. The Hall–Kier alpha value is -2.44. The molecule has 0 bridgehead atoms. The van der Waals surface area contributed by atoms with Crippen molar-refractivity contribution in [3.63, 3.8) is 0 Å². The molecule has 0 aliphatic carbocycles. The van der Waals surface area contributed by atoms with Crippen molar-refractivity contribution in [2.45, 2.75) is 12.2 Å². The molecule has 6 heteroatoms. The van der Waals surface area contributed by atoms with Gasteiger partial charge in [0.1, 0.15) is 24.8 Å². The third-order valence-electron chi connectivity index (χ3n) is 4.23. The Morgan fingerprint density at radius 2 is 1.28 bits per heavy atom. The van der Waals surface area contributed by atoms with Gasteiger partial charge < -0.3 is 28.4 Å². The van der Waals surface area contributed by atoms with Crippen LogP contribution < -0.4 is 18.9 Å². The fourth-order valence-electron chi connectivity index (χ4n) is 2.96. The predicted octanol–water partition coefficient (Wildman–Crippen LogP) is 3.51. The maximum Gasteiger partial charge on any atom is 0.203 e. The smallest absolute Gasteiger partial charge is 0.203 e. The first-order chi connectivity index (χ1) is 12.2. The number of hydrogen-bond donors (Lipinski definition) is 0. The Balaban J connectivity index is 1.96. The molecule has 25 heavy (non-hydrogen) atoms. The van der Waals surface area contributed by atoms with Crippen LogP contribution in [0.15, 0.2) is 36.4 Å². The number of rotatable bonds is 6. The normalized spacial score (nSPS) is 19.5. The second-order valence-corrected chi connectivity index (χ2v) is 5.52. The highest BCUT2D eigenvalue weighted by molar-refractivity contribution is 5.54. The molecule has 0 aromatic heterocycles. The number of ether oxygens (including phenoxy) is 6. The first-order valence-corrected chi connectivity index (χ1v) is 7.88. The van der Waals surface area contributed by atoms with Crippen LogP contribution in [0.1, 0.15) is 23.3 Å². The topological polar surface area (TPSA) is 55.4 Å². The summed E-state index contributed by atoms with van der Waals surface area (Å²) < 4.78 is 33.1. The highest BCUT2D eigenvalue weighted by atomic mass is 16.7. The van der Waals surface area contributed by atoms with Crippen molar-refractivity contribution in [1.82, 2.24) is 0 Å². The van der Waals surface area contributed by atoms with E-state index >= 15 is 0 Å². The molecule has 134 valence electrons. The first-order valence-electron chi connectivity index (χ1n) is 7.88. The van der Waals surface area contributed by atoms with Gasteiger partial charge >= 0.3 is 0 Å². The largest absolute Gasteiger partial charge is 0.497 e. The van der Waals surface area contributed by atoms with Crippen molar-refractivity contribution in [1.29, 1.82) is 0 Å². The third kappa shape index (κ3) is 3.36. The van der Waals surface area contributed by atoms with Crippen LogP contribution in [0.4, 0.5) is 0 Å². The van der Waals surface area contributed by atoms with Gasteiger partial charge in [-0.05, 0) is 35.4 Å². The summed E-state index contributed by atoms with van der Waals surface area (Å²) in [5, 5.41) is 0. The van der Waals surface area contributed by atoms with E-state index in [4.69, 9.17) is 28.4 Å². The van der Waals surface area contributed by atoms with Crippen molar-refractivity contribution in [2.24, 2.45) is 0 Å². The standard InChI is InChI=1S/C19H22O6/c1-20-14-7-5-12(6-8-14)17-18(25-11-24-17)13-9-15(21-2)19(23-4)16(10-13)22-3/h5-10,17-18H,11H2,1-4H3/t17-,18+/m1/s1. The Labute approximate surface area is 147 Å². The van der Waals surface area contributed by atoms with Crippen LogP contribution in [0.5, 0.6) is 23.0 Å². The van der Waals surface area contributed by atoms with E-state index < -0.39 is 0 Å². The molecule has 1 fully saturated rings. The fourth-order valence-corrected chi connectivity index (χ4v) is 2.96. The van der Waals surface area contributed by atoms with Gasteiger partial charge in [0.15, 0.2) is 11.5 Å². The van der Waals surface area contributed by atoms with Crippen molar-refractivity contribution < 1.29 is 28.4 Å². The summed E-state index contributed by atoms with van der Waals surface area (Å²) >= 11 is 0. The molecule has 0 spiro atoms. The van der Waals surface area contributed by atoms with Crippen LogP contribution in [-0.2, 0) is 9.47 Å². The van der Waals surface area contributed by atoms with Gasteiger partial charge in [-0.15, -0.1) is 0 Å². The monoisotopic (exact) mass is 346 g/mol. The first kappa shape index (κ1) is 17.4. The zero-order chi connectivity index (χ0) is 17.8. The minimum absolute atomic E-state index is 0.220. The lowest BCUT2D eigenvalue weighted by Crippen LogP contribution is -2.08. The SMILES string of the molecule is COc1ccc([C@H]2OCO[C@H]2c2cc(OC)c(OC)c(OC)c2)cc1. The molecule has 1 aliphatic heterocycles. The number of benzene rings is 2. The second-order valence-electron chi connectivity index (χ2n) is 5.52. The Morgan fingerprint density at radius 1 is 0.720 bits per heavy atom. The molecule has 1 saturated heterocycles. The molecule has 0 saturated carbocycles. The van der Waals surface area contributed by atoms with Gasteiger partial charge in [-0.1, -0.05) is 12.1 Å². The summed E-state index contributed by atoms with van der Waals surface area (Å²) in [6.07, 6.45) is -0.504. The van der Waals surface area contributed by atoms with Crippen LogP contribution in [0.3, 0.4) is 0 Å². The Kier molecular flexibility index (Phi) is 5.31. The van der Waals surface area contributed by atoms with Crippen LogP contribution in [-0.4, -0.2) is 35.2 Å². The summed E-state index contributed by atoms with van der Waals surface area (Å²) in [4.78, 5) is 0. The van der Waals surface area contributed by atoms with Gasteiger partial charge in [0.2, 0.25) is 5.75 Å². The van der Waals surface area contributed by atoms with Crippen molar-refractivity contribution >= 4 is 0 Å². The van der Waals surface area contributed by atoms with E-state index in [1.165, 1.54) is 0 Å². The highest BCUT2D eigenvalue weighted by Crippen LogP contribution is 2.46. The van der Waals surface area contributed by atoms with E-state index in [1.54, 1.807) is 28.4 Å². The summed E-state index contributed by atoms with van der Waals surface area (Å²) in [6, 6.07) is 11.5. The number of methoxy groups -OCH3 is 4. The van der Waals surface area contributed by atoms with E-state index in [0.717, 1.165) is 16.9 Å². The van der Waals surface area contributed by atoms with Crippen molar-refractivity contribution in [2.75, 3.05) is 35.2 Å². The fraction of sp³-hybridized carbons (Fsp3) is 0.368. The zero-order valence-corrected chi connectivity index (χ0v) is 14.8. The van der Waals surface area contributed by atoms with E-state index in [9.17, 15) is 0 Å². The van der Waals surface area contributed by atoms with Crippen molar-refractivity contribution in [3.8, 4) is 23.0 Å². The summed E-state index contributed by atoms with van der Waals surface area (Å²) in [7, 11) is 6.40. The molecule has 0 unspecified atom stereocenters. The summed E-state index contributed by atoms with van der Waals surface area (Å²) in [5.74, 6) is 2.52. The molecule has 2 atom stereocenters. The Morgan fingerprint density at radius 3 is 1.76 bits per heavy atom. The molecule has 1 aliphatic rings. The van der Waals surface area contributed by atoms with Crippen LogP contribution in [0, 0.1) is 0 Å². The minimum atomic E-state index is -0.276. The number of hydrogen-bond acceptors (Lipinski definition) is 6. The maximum atomic E-state index is 5.83. The average molecular weight is 346 g/mol. The molecule has 0 amide bonds. The van der Waals surface area contributed by atoms with Gasteiger partial charge in [-0.25, -0.2) is 0 Å². The lowest BCUT2D eigenvalue weighted by molar-refractivity contribution is 0.0381. The second kappa shape index (κ2) is 7.63. The van der Waals surface area contributed by atoms with E-state index in [1.807, 2.05) is 36.4 Å². The van der Waals surface area contributed by atoms with E-state index in [0.29, 0.717) is 17.2 Å². The van der Waals surface area contributed by atoms with Gasteiger partial charge in [-0.3, -0.25) is 0 Å². The van der Waals surface area contributed by atoms with Gasteiger partial charge in [0.25, 0.3) is 0 Å². The van der Waals surface area contributed by atoms with Crippen LogP contribution in [0.2, 0.25) is 0 Å². The summed E-state index contributed by atoms with van der Waals surface area (Å²) in [6.45, 7) is 0.220.